The predicted octanol–water partition coefficient (Wildman–Crippen LogP) is 2.83. The molecule has 0 aliphatic heterocycles. The number of hydrogen-bond donors (Lipinski definition) is 3. The molecule has 17 heavy (non-hydrogen) atoms. The first kappa shape index (κ1) is 13.2. The van der Waals surface area contributed by atoms with Crippen molar-refractivity contribution in [1.29, 1.82) is 0 Å². The molecule has 0 unspecified atom stereocenters. The lowest BCUT2D eigenvalue weighted by Gasteiger charge is -2.13. The molecule has 0 amide bonds. The number of rotatable bonds is 1. The van der Waals surface area contributed by atoms with Crippen molar-refractivity contribution in [2.45, 2.75) is 6.92 Å². The van der Waals surface area contributed by atoms with E-state index in [0.29, 0.717) is 17.1 Å². The molecular weight excluding hydrogens is 234 g/mol. The molecule has 0 fully saturated rings. The van der Waals surface area contributed by atoms with Crippen LogP contribution in [0.15, 0.2) is 36.4 Å². The van der Waals surface area contributed by atoms with Gasteiger partial charge in [-0.05, 0) is 24.1 Å². The van der Waals surface area contributed by atoms with Gasteiger partial charge in [0.2, 0.25) is 0 Å². The fourth-order valence-corrected chi connectivity index (χ4v) is 1.70. The van der Waals surface area contributed by atoms with Crippen molar-refractivity contribution in [3.05, 3.63) is 42.0 Å². The fourth-order valence-electron chi connectivity index (χ4n) is 1.70. The van der Waals surface area contributed by atoms with Crippen molar-refractivity contribution in [1.82, 2.24) is 0 Å². The van der Waals surface area contributed by atoms with Gasteiger partial charge in [0.1, 0.15) is 0 Å². The van der Waals surface area contributed by atoms with Crippen LogP contribution in [-0.4, -0.2) is 0 Å². The topological polar surface area (TPSA) is 78.1 Å². The monoisotopic (exact) mass is 249 g/mol. The van der Waals surface area contributed by atoms with Crippen LogP contribution in [-0.2, 0) is 0 Å². The van der Waals surface area contributed by atoms with Crippen molar-refractivity contribution in [3.8, 4) is 11.1 Å². The number of benzene rings is 2. The van der Waals surface area contributed by atoms with E-state index in [9.17, 15) is 0 Å². The van der Waals surface area contributed by atoms with Crippen LogP contribution in [0.2, 0.25) is 0 Å². The minimum Gasteiger partial charge on any atom is -0.398 e. The highest BCUT2D eigenvalue weighted by Crippen LogP contribution is 2.35. The summed E-state index contributed by atoms with van der Waals surface area (Å²) < 4.78 is 0. The van der Waals surface area contributed by atoms with Crippen LogP contribution >= 0.6 is 12.4 Å². The Morgan fingerprint density at radius 3 is 2.06 bits per heavy atom. The number of anilines is 3. The quantitative estimate of drug-likeness (QED) is 0.680. The molecule has 2 aromatic rings. The molecule has 90 valence electrons. The van der Waals surface area contributed by atoms with E-state index in [2.05, 4.69) is 0 Å². The summed E-state index contributed by atoms with van der Waals surface area (Å²) in [5.74, 6) is 0. The maximum absolute atomic E-state index is 6.00. The Bertz CT molecular complexity index is 524. The first-order valence-electron chi connectivity index (χ1n) is 5.10. The van der Waals surface area contributed by atoms with Gasteiger partial charge in [-0.2, -0.15) is 0 Å². The lowest BCUT2D eigenvalue weighted by atomic mass is 9.99. The molecule has 0 bridgehead atoms. The maximum Gasteiger partial charge on any atom is 0.0631 e. The van der Waals surface area contributed by atoms with E-state index >= 15 is 0 Å². The fraction of sp³-hybridized carbons (Fsp3) is 0.0769. The standard InChI is InChI=1S/C13H15N3.ClH/c1-8-11(14)7-10(13(16)12(8)15)9-5-3-2-4-6-9;/h2-7H,14-16H2,1H3;1H. The normalized spacial score (nSPS) is 9.71. The number of nitrogen functional groups attached to an aromatic ring is 3. The third-order valence-corrected chi connectivity index (χ3v) is 2.80. The Labute approximate surface area is 107 Å². The largest absolute Gasteiger partial charge is 0.398 e. The Morgan fingerprint density at radius 2 is 1.47 bits per heavy atom. The van der Waals surface area contributed by atoms with E-state index in [0.717, 1.165) is 16.7 Å². The zero-order valence-electron chi connectivity index (χ0n) is 9.60. The van der Waals surface area contributed by atoms with Gasteiger partial charge in [0.05, 0.1) is 11.4 Å². The lowest BCUT2D eigenvalue weighted by molar-refractivity contribution is 1.46. The van der Waals surface area contributed by atoms with Crippen molar-refractivity contribution in [2.75, 3.05) is 17.2 Å². The molecular formula is C13H16ClN3. The third-order valence-electron chi connectivity index (χ3n) is 2.80. The molecule has 0 saturated heterocycles. The summed E-state index contributed by atoms with van der Waals surface area (Å²) in [6, 6.07) is 11.7. The average molecular weight is 250 g/mol. The van der Waals surface area contributed by atoms with Crippen LogP contribution in [0.5, 0.6) is 0 Å². The van der Waals surface area contributed by atoms with Crippen LogP contribution in [0.4, 0.5) is 17.1 Å². The molecule has 4 heteroatoms. The van der Waals surface area contributed by atoms with Gasteiger partial charge in [0, 0.05) is 11.3 Å². The predicted molar refractivity (Wildman–Crippen MR) is 77.1 cm³/mol. The van der Waals surface area contributed by atoms with Gasteiger partial charge in [-0.3, -0.25) is 0 Å². The van der Waals surface area contributed by atoms with Crippen LogP contribution in [0.25, 0.3) is 11.1 Å². The van der Waals surface area contributed by atoms with Crippen LogP contribution in [0.1, 0.15) is 5.56 Å². The highest BCUT2D eigenvalue weighted by atomic mass is 35.5. The smallest absolute Gasteiger partial charge is 0.0631 e. The molecule has 2 rings (SSSR count). The Balaban J connectivity index is 0.00000144. The minimum atomic E-state index is 0. The summed E-state index contributed by atoms with van der Waals surface area (Å²) in [5.41, 5.74) is 22.4. The second-order valence-corrected chi connectivity index (χ2v) is 3.83. The molecule has 6 N–H and O–H groups in total. The maximum atomic E-state index is 6.00. The Morgan fingerprint density at radius 1 is 0.882 bits per heavy atom. The molecule has 0 radical (unpaired) electrons. The van der Waals surface area contributed by atoms with Gasteiger partial charge in [0.25, 0.3) is 0 Å². The molecule has 2 aromatic carbocycles. The number of halogens is 1. The van der Waals surface area contributed by atoms with Crippen molar-refractivity contribution in [3.63, 3.8) is 0 Å². The molecule has 0 aliphatic rings. The summed E-state index contributed by atoms with van der Waals surface area (Å²) in [7, 11) is 0. The molecule has 3 nitrogen and oxygen atoms in total. The van der Waals surface area contributed by atoms with E-state index < -0.39 is 0 Å². The van der Waals surface area contributed by atoms with E-state index in [1.165, 1.54) is 0 Å². The van der Waals surface area contributed by atoms with Crippen molar-refractivity contribution in [2.24, 2.45) is 0 Å². The van der Waals surface area contributed by atoms with E-state index in [1.54, 1.807) is 0 Å². The zero-order chi connectivity index (χ0) is 11.7. The van der Waals surface area contributed by atoms with E-state index in [1.807, 2.05) is 43.3 Å². The van der Waals surface area contributed by atoms with Gasteiger partial charge in [-0.15, -0.1) is 12.4 Å². The summed E-state index contributed by atoms with van der Waals surface area (Å²) in [4.78, 5) is 0. The van der Waals surface area contributed by atoms with Crippen LogP contribution in [0.3, 0.4) is 0 Å². The summed E-state index contributed by atoms with van der Waals surface area (Å²) in [6.07, 6.45) is 0. The van der Waals surface area contributed by atoms with Crippen molar-refractivity contribution >= 4 is 29.5 Å². The van der Waals surface area contributed by atoms with E-state index in [4.69, 9.17) is 17.2 Å². The molecule has 0 aromatic heterocycles. The van der Waals surface area contributed by atoms with Crippen molar-refractivity contribution < 1.29 is 0 Å². The highest BCUT2D eigenvalue weighted by molar-refractivity contribution is 5.89. The summed E-state index contributed by atoms with van der Waals surface area (Å²) in [5, 5.41) is 0. The Hall–Kier alpha value is -1.87. The highest BCUT2D eigenvalue weighted by Gasteiger charge is 2.10. The first-order chi connectivity index (χ1) is 7.61. The summed E-state index contributed by atoms with van der Waals surface area (Å²) >= 11 is 0. The molecule has 0 atom stereocenters. The van der Waals surface area contributed by atoms with Gasteiger partial charge in [-0.25, -0.2) is 0 Å². The average Bonchev–Trinajstić information content (AvgIpc) is 2.32. The minimum absolute atomic E-state index is 0. The third kappa shape index (κ3) is 2.29. The lowest BCUT2D eigenvalue weighted by Crippen LogP contribution is -2.03. The molecule has 0 saturated carbocycles. The van der Waals surface area contributed by atoms with Gasteiger partial charge >= 0.3 is 0 Å². The second-order valence-electron chi connectivity index (χ2n) is 3.83. The van der Waals surface area contributed by atoms with Gasteiger partial charge < -0.3 is 17.2 Å². The number of nitrogens with two attached hydrogens (primary N) is 3. The van der Waals surface area contributed by atoms with Gasteiger partial charge in [-0.1, -0.05) is 30.3 Å². The number of hydrogen-bond acceptors (Lipinski definition) is 3. The molecule has 0 aliphatic carbocycles. The first-order valence-corrected chi connectivity index (χ1v) is 5.10. The summed E-state index contributed by atoms with van der Waals surface area (Å²) in [6.45, 7) is 1.87. The Kier molecular flexibility index (Phi) is 3.86. The molecule has 0 heterocycles. The SMILES string of the molecule is Cc1c(N)cc(-c2ccccc2)c(N)c1N.Cl. The van der Waals surface area contributed by atoms with Crippen LogP contribution in [0, 0.1) is 6.92 Å². The van der Waals surface area contributed by atoms with E-state index in [-0.39, 0.29) is 12.4 Å². The zero-order valence-corrected chi connectivity index (χ0v) is 10.4. The molecule has 0 spiro atoms. The van der Waals surface area contributed by atoms with Gasteiger partial charge in [0.15, 0.2) is 0 Å². The van der Waals surface area contributed by atoms with Crippen LogP contribution < -0.4 is 17.2 Å². The second kappa shape index (κ2) is 4.97.